The molecule has 0 saturated carbocycles. The van der Waals surface area contributed by atoms with Crippen molar-refractivity contribution in [1.29, 1.82) is 0 Å². The average Bonchev–Trinajstić information content (AvgIpc) is 2.54. The number of ether oxygens (including phenoxy) is 1. The Morgan fingerprint density at radius 3 is 2.33 bits per heavy atom. The van der Waals surface area contributed by atoms with E-state index in [9.17, 15) is 19.2 Å². The highest BCUT2D eigenvalue weighted by Gasteiger charge is 2.22. The van der Waals surface area contributed by atoms with Crippen LogP contribution in [-0.4, -0.2) is 61.9 Å². The van der Waals surface area contributed by atoms with Gasteiger partial charge in [-0.1, -0.05) is 19.9 Å². The summed E-state index contributed by atoms with van der Waals surface area (Å²) in [6, 6.07) is -0.320. The quantitative estimate of drug-likeness (QED) is 0.326. The smallest absolute Gasteiger partial charge is 0.325 e. The lowest BCUT2D eigenvalue weighted by molar-refractivity contribution is -0.143. The third kappa shape index (κ3) is 7.75. The molecule has 0 rings (SSSR count). The lowest BCUT2D eigenvalue weighted by Gasteiger charge is -2.29. The van der Waals surface area contributed by atoms with Gasteiger partial charge >= 0.3 is 5.97 Å². The van der Waals surface area contributed by atoms with E-state index in [1.165, 1.54) is 4.90 Å². The molecule has 0 spiro atoms. The molecule has 0 bridgehead atoms. The van der Waals surface area contributed by atoms with Gasteiger partial charge in [-0.05, 0) is 19.8 Å². The fraction of sp³-hybridized carbons (Fsp3) is 0.625. The summed E-state index contributed by atoms with van der Waals surface area (Å²) in [4.78, 5) is 47.0. The first-order valence-corrected chi connectivity index (χ1v) is 7.79. The van der Waals surface area contributed by atoms with E-state index >= 15 is 0 Å². The molecule has 0 aliphatic heterocycles. The second-order valence-corrected chi connectivity index (χ2v) is 5.58. The van der Waals surface area contributed by atoms with Gasteiger partial charge in [-0.2, -0.15) is 0 Å². The van der Waals surface area contributed by atoms with E-state index in [-0.39, 0.29) is 37.6 Å². The van der Waals surface area contributed by atoms with Crippen molar-refractivity contribution in [2.24, 2.45) is 5.92 Å². The first-order chi connectivity index (χ1) is 11.2. The maximum atomic E-state index is 12.0. The van der Waals surface area contributed by atoms with Gasteiger partial charge in [-0.3, -0.25) is 19.2 Å². The van der Waals surface area contributed by atoms with Crippen molar-refractivity contribution < 1.29 is 23.9 Å². The molecule has 0 aromatic carbocycles. The molecule has 8 heteroatoms. The highest BCUT2D eigenvalue weighted by Crippen LogP contribution is 2.13. The first-order valence-electron chi connectivity index (χ1n) is 7.79. The molecule has 136 valence electrons. The molecule has 2 N–H and O–H groups in total. The zero-order chi connectivity index (χ0) is 18.7. The van der Waals surface area contributed by atoms with Gasteiger partial charge in [0.05, 0.1) is 19.2 Å². The molecular formula is C16H27N3O5. The Morgan fingerprint density at radius 1 is 1.21 bits per heavy atom. The van der Waals surface area contributed by atoms with Gasteiger partial charge in [0.15, 0.2) is 0 Å². The normalized spacial score (nSPS) is 12.3. The van der Waals surface area contributed by atoms with Crippen molar-refractivity contribution in [3.05, 3.63) is 11.6 Å². The predicted octanol–water partition coefficient (Wildman–Crippen LogP) is -0.159. The molecule has 8 nitrogen and oxygen atoms in total. The van der Waals surface area contributed by atoms with Crippen LogP contribution in [0.2, 0.25) is 0 Å². The van der Waals surface area contributed by atoms with Crippen molar-refractivity contribution in [2.45, 2.75) is 33.7 Å². The van der Waals surface area contributed by atoms with E-state index in [0.717, 1.165) is 0 Å². The van der Waals surface area contributed by atoms with Gasteiger partial charge in [0.25, 0.3) is 0 Å². The van der Waals surface area contributed by atoms with E-state index in [1.54, 1.807) is 27.0 Å². The third-order valence-electron chi connectivity index (χ3n) is 3.34. The minimum absolute atomic E-state index is 0.0583. The Morgan fingerprint density at radius 2 is 1.83 bits per heavy atom. The number of likely N-dealkylation sites (N-methyl/N-ethyl adjacent to an activating group) is 1. The summed E-state index contributed by atoms with van der Waals surface area (Å²) >= 11 is 0. The molecule has 0 heterocycles. The molecule has 24 heavy (non-hydrogen) atoms. The number of nitrogens with zero attached hydrogens (tertiary/aromatic N) is 1. The average molecular weight is 341 g/mol. The van der Waals surface area contributed by atoms with Crippen LogP contribution >= 0.6 is 0 Å². The molecule has 1 atom stereocenters. The van der Waals surface area contributed by atoms with E-state index in [2.05, 4.69) is 10.6 Å². The van der Waals surface area contributed by atoms with Crippen LogP contribution in [0.5, 0.6) is 0 Å². The van der Waals surface area contributed by atoms with Gasteiger partial charge in [0.2, 0.25) is 18.2 Å². The minimum Gasteiger partial charge on any atom is -0.465 e. The first kappa shape index (κ1) is 21.6. The Labute approximate surface area is 142 Å². The van der Waals surface area contributed by atoms with Crippen molar-refractivity contribution in [3.63, 3.8) is 0 Å². The number of rotatable bonds is 10. The lowest BCUT2D eigenvalue weighted by atomic mass is 10.00. The zero-order valence-corrected chi connectivity index (χ0v) is 14.9. The number of carbonyl (C=O) groups is 4. The van der Waals surface area contributed by atoms with Crippen LogP contribution in [0.1, 0.15) is 27.7 Å². The molecule has 0 saturated heterocycles. The Balaban J connectivity index is 4.90. The molecule has 0 aromatic heterocycles. The summed E-state index contributed by atoms with van der Waals surface area (Å²) in [6.45, 7) is 7.07. The fourth-order valence-corrected chi connectivity index (χ4v) is 2.01. The molecule has 0 unspecified atom stereocenters. The molecule has 0 aromatic rings. The van der Waals surface area contributed by atoms with Crippen molar-refractivity contribution in [2.75, 3.05) is 26.7 Å². The standard InChI is InChI=1S/C16H27N3O5/c1-6-24-15(22)9-18-16(23)12(4)7-13(11(2)3)19(5)14(21)8-17-10-20/h7,10-11,13H,6,8-9H2,1-5H3,(H,17,20)(H,18,23)/t13-/m1/s1. The molecule has 0 radical (unpaired) electrons. The van der Waals surface area contributed by atoms with Gasteiger partial charge in [0.1, 0.15) is 6.54 Å². The van der Waals surface area contributed by atoms with E-state index in [1.807, 2.05) is 13.8 Å². The lowest BCUT2D eigenvalue weighted by Crippen LogP contribution is -2.43. The Hall–Kier alpha value is -2.38. The van der Waals surface area contributed by atoms with Crippen LogP contribution in [0.4, 0.5) is 0 Å². The summed E-state index contributed by atoms with van der Waals surface area (Å²) in [5.41, 5.74) is 0.390. The molecule has 0 fully saturated rings. The van der Waals surface area contributed by atoms with Gasteiger partial charge < -0.3 is 20.3 Å². The van der Waals surface area contributed by atoms with E-state index in [0.29, 0.717) is 12.0 Å². The number of esters is 1. The SMILES string of the molecule is CCOC(=O)CNC(=O)C(C)=C[C@H](C(C)C)N(C)C(=O)CNC=O. The number of hydrogen-bond acceptors (Lipinski definition) is 5. The number of carbonyl (C=O) groups excluding carboxylic acids is 4. The second kappa shape index (κ2) is 11.2. The summed E-state index contributed by atoms with van der Waals surface area (Å²) < 4.78 is 4.74. The number of nitrogens with one attached hydrogen (secondary N) is 2. The summed E-state index contributed by atoms with van der Waals surface area (Å²) in [5.74, 6) is -1.12. The van der Waals surface area contributed by atoms with Crippen LogP contribution in [0, 0.1) is 5.92 Å². The topological polar surface area (TPSA) is 105 Å². The number of hydrogen-bond donors (Lipinski definition) is 2. The zero-order valence-electron chi connectivity index (χ0n) is 14.9. The van der Waals surface area contributed by atoms with Crippen LogP contribution < -0.4 is 10.6 Å². The summed E-state index contributed by atoms with van der Waals surface area (Å²) in [6.07, 6.45) is 2.13. The molecule has 0 aliphatic rings. The van der Waals surface area contributed by atoms with Crippen molar-refractivity contribution in [3.8, 4) is 0 Å². The Kier molecular flexibility index (Phi) is 10.1. The Bertz CT molecular complexity index is 488. The second-order valence-electron chi connectivity index (χ2n) is 5.58. The summed E-state index contributed by atoms with van der Waals surface area (Å²) in [7, 11) is 1.61. The maximum absolute atomic E-state index is 12.0. The van der Waals surface area contributed by atoms with Gasteiger partial charge in [-0.25, -0.2) is 0 Å². The fourth-order valence-electron chi connectivity index (χ4n) is 2.01. The maximum Gasteiger partial charge on any atom is 0.325 e. The highest BCUT2D eigenvalue weighted by molar-refractivity contribution is 5.94. The van der Waals surface area contributed by atoms with Crippen LogP contribution in [-0.2, 0) is 23.9 Å². The highest BCUT2D eigenvalue weighted by atomic mass is 16.5. The van der Waals surface area contributed by atoms with E-state index in [4.69, 9.17) is 4.74 Å². The number of amides is 3. The van der Waals surface area contributed by atoms with Gasteiger partial charge in [-0.15, -0.1) is 0 Å². The molecular weight excluding hydrogens is 314 g/mol. The van der Waals surface area contributed by atoms with Crippen LogP contribution in [0.25, 0.3) is 0 Å². The van der Waals surface area contributed by atoms with Crippen molar-refractivity contribution >= 4 is 24.2 Å². The predicted molar refractivity (Wildman–Crippen MR) is 88.9 cm³/mol. The molecule has 3 amide bonds. The third-order valence-corrected chi connectivity index (χ3v) is 3.34. The van der Waals surface area contributed by atoms with E-state index < -0.39 is 11.9 Å². The van der Waals surface area contributed by atoms with Crippen molar-refractivity contribution in [1.82, 2.24) is 15.5 Å². The van der Waals surface area contributed by atoms with Crippen LogP contribution in [0.15, 0.2) is 11.6 Å². The molecule has 0 aliphatic carbocycles. The van der Waals surface area contributed by atoms with Gasteiger partial charge in [0, 0.05) is 12.6 Å². The van der Waals surface area contributed by atoms with Crippen LogP contribution in [0.3, 0.4) is 0 Å². The monoisotopic (exact) mass is 341 g/mol. The summed E-state index contributed by atoms with van der Waals surface area (Å²) in [5, 5.41) is 4.79. The largest absolute Gasteiger partial charge is 0.465 e. The minimum atomic E-state index is -0.508.